The molecule has 110 valence electrons. The SMILES string of the molecule is COC(=O)C1CCN(C(C)c2c(F)cccc2F)CC1. The van der Waals surface area contributed by atoms with E-state index in [2.05, 4.69) is 0 Å². The third-order valence-electron chi connectivity index (χ3n) is 4.03. The number of hydrogen-bond acceptors (Lipinski definition) is 3. The summed E-state index contributed by atoms with van der Waals surface area (Å²) >= 11 is 0. The van der Waals surface area contributed by atoms with Crippen molar-refractivity contribution in [2.24, 2.45) is 5.92 Å². The Morgan fingerprint density at radius 2 is 1.85 bits per heavy atom. The highest BCUT2D eigenvalue weighted by Gasteiger charge is 2.30. The standard InChI is InChI=1S/C15H19F2NO2/c1-10(14-12(16)4-3-5-13(14)17)18-8-6-11(7-9-18)15(19)20-2/h3-5,10-11H,6-9H2,1-2H3. The van der Waals surface area contributed by atoms with Crippen LogP contribution in [0.3, 0.4) is 0 Å². The van der Waals surface area contributed by atoms with Crippen LogP contribution in [0.5, 0.6) is 0 Å². The highest BCUT2D eigenvalue weighted by molar-refractivity contribution is 5.72. The molecule has 1 aliphatic heterocycles. The summed E-state index contributed by atoms with van der Waals surface area (Å²) in [6, 6.07) is 3.58. The fraction of sp³-hybridized carbons (Fsp3) is 0.533. The number of benzene rings is 1. The van der Waals surface area contributed by atoms with Crippen molar-refractivity contribution in [3.8, 4) is 0 Å². The van der Waals surface area contributed by atoms with Gasteiger partial charge in [-0.05, 0) is 45.0 Å². The maximum atomic E-state index is 13.8. The molecule has 1 aromatic rings. The summed E-state index contributed by atoms with van der Waals surface area (Å²) in [5.74, 6) is -1.34. The number of nitrogens with zero attached hydrogens (tertiary/aromatic N) is 1. The smallest absolute Gasteiger partial charge is 0.308 e. The van der Waals surface area contributed by atoms with Crippen LogP contribution in [0.15, 0.2) is 18.2 Å². The molecule has 0 aromatic heterocycles. The van der Waals surface area contributed by atoms with Crippen molar-refractivity contribution in [2.75, 3.05) is 20.2 Å². The minimum Gasteiger partial charge on any atom is -0.469 e. The molecule has 0 radical (unpaired) electrons. The van der Waals surface area contributed by atoms with Gasteiger partial charge in [0.05, 0.1) is 13.0 Å². The first-order valence-electron chi connectivity index (χ1n) is 6.80. The van der Waals surface area contributed by atoms with Gasteiger partial charge in [0.2, 0.25) is 0 Å². The molecule has 1 unspecified atom stereocenters. The largest absolute Gasteiger partial charge is 0.469 e. The average molecular weight is 283 g/mol. The third kappa shape index (κ3) is 2.98. The first-order valence-corrected chi connectivity index (χ1v) is 6.80. The molecule has 0 aliphatic carbocycles. The molecule has 1 aromatic carbocycles. The molecule has 1 fully saturated rings. The summed E-state index contributed by atoms with van der Waals surface area (Å²) in [6.45, 7) is 3.06. The zero-order valence-corrected chi connectivity index (χ0v) is 11.7. The van der Waals surface area contributed by atoms with E-state index in [0.717, 1.165) is 0 Å². The van der Waals surface area contributed by atoms with Crippen molar-refractivity contribution in [2.45, 2.75) is 25.8 Å². The van der Waals surface area contributed by atoms with E-state index in [-0.39, 0.29) is 23.5 Å². The number of piperidine rings is 1. The van der Waals surface area contributed by atoms with Gasteiger partial charge in [-0.2, -0.15) is 0 Å². The molecule has 1 heterocycles. The van der Waals surface area contributed by atoms with Crippen molar-refractivity contribution in [1.29, 1.82) is 0 Å². The molecule has 5 heteroatoms. The number of rotatable bonds is 3. The van der Waals surface area contributed by atoms with Gasteiger partial charge in [0.25, 0.3) is 0 Å². The van der Waals surface area contributed by atoms with Crippen molar-refractivity contribution < 1.29 is 18.3 Å². The molecule has 3 nitrogen and oxygen atoms in total. The molecule has 1 aliphatic rings. The Morgan fingerprint density at radius 3 is 2.35 bits per heavy atom. The molecule has 1 saturated heterocycles. The Bertz CT molecular complexity index is 465. The number of carbonyl (C=O) groups excluding carboxylic acids is 1. The summed E-state index contributed by atoms with van der Waals surface area (Å²) in [6.07, 6.45) is 1.32. The lowest BCUT2D eigenvalue weighted by atomic mass is 9.94. The Hall–Kier alpha value is -1.49. The van der Waals surface area contributed by atoms with Crippen molar-refractivity contribution in [3.63, 3.8) is 0 Å². The van der Waals surface area contributed by atoms with E-state index in [1.54, 1.807) is 6.92 Å². The van der Waals surface area contributed by atoms with Gasteiger partial charge in [0, 0.05) is 11.6 Å². The highest BCUT2D eigenvalue weighted by Crippen LogP contribution is 2.29. The van der Waals surface area contributed by atoms with Gasteiger partial charge in [0.15, 0.2) is 0 Å². The summed E-state index contributed by atoms with van der Waals surface area (Å²) in [4.78, 5) is 13.5. The molecular formula is C15H19F2NO2. The predicted octanol–water partition coefficient (Wildman–Crippen LogP) is 2.91. The number of hydrogen-bond donors (Lipinski definition) is 0. The second-order valence-electron chi connectivity index (χ2n) is 5.14. The van der Waals surface area contributed by atoms with E-state index in [9.17, 15) is 13.6 Å². The van der Waals surface area contributed by atoms with Gasteiger partial charge in [-0.3, -0.25) is 9.69 Å². The third-order valence-corrected chi connectivity index (χ3v) is 4.03. The van der Waals surface area contributed by atoms with Gasteiger partial charge < -0.3 is 4.74 Å². The first-order chi connectivity index (χ1) is 9.54. The quantitative estimate of drug-likeness (QED) is 0.799. The molecule has 0 saturated carbocycles. The van der Waals surface area contributed by atoms with Crippen LogP contribution in [0, 0.1) is 17.6 Å². The van der Waals surface area contributed by atoms with E-state index in [4.69, 9.17) is 4.74 Å². The normalized spacial score (nSPS) is 18.8. The van der Waals surface area contributed by atoms with Crippen molar-refractivity contribution in [3.05, 3.63) is 35.4 Å². The van der Waals surface area contributed by atoms with Crippen LogP contribution in [0.2, 0.25) is 0 Å². The molecular weight excluding hydrogens is 264 g/mol. The maximum Gasteiger partial charge on any atom is 0.308 e. The minimum atomic E-state index is -0.521. The molecule has 2 rings (SSSR count). The Kier molecular flexibility index (Phi) is 4.70. The summed E-state index contributed by atoms with van der Waals surface area (Å²) in [5.41, 5.74) is 0.101. The van der Waals surface area contributed by atoms with E-state index in [1.807, 2.05) is 4.90 Å². The maximum absolute atomic E-state index is 13.8. The minimum absolute atomic E-state index is 0.101. The van der Waals surface area contributed by atoms with Gasteiger partial charge in [-0.25, -0.2) is 8.78 Å². The summed E-state index contributed by atoms with van der Waals surface area (Å²) in [5, 5.41) is 0. The Morgan fingerprint density at radius 1 is 1.30 bits per heavy atom. The van der Waals surface area contributed by atoms with Crippen LogP contribution in [0.4, 0.5) is 8.78 Å². The van der Waals surface area contributed by atoms with Crippen LogP contribution in [-0.2, 0) is 9.53 Å². The molecule has 0 spiro atoms. The fourth-order valence-corrected chi connectivity index (χ4v) is 2.78. The van der Waals surface area contributed by atoms with Crippen LogP contribution in [0.1, 0.15) is 31.4 Å². The fourth-order valence-electron chi connectivity index (χ4n) is 2.78. The lowest BCUT2D eigenvalue weighted by Gasteiger charge is -2.35. The number of likely N-dealkylation sites (tertiary alicyclic amines) is 1. The van der Waals surface area contributed by atoms with Crippen molar-refractivity contribution in [1.82, 2.24) is 4.90 Å². The first kappa shape index (κ1) is 14.9. The second kappa shape index (κ2) is 6.31. The van der Waals surface area contributed by atoms with Gasteiger partial charge in [-0.15, -0.1) is 0 Å². The molecule has 20 heavy (non-hydrogen) atoms. The van der Waals surface area contributed by atoms with Gasteiger partial charge in [0.1, 0.15) is 11.6 Å². The molecule has 1 atom stereocenters. The average Bonchev–Trinajstić information content (AvgIpc) is 2.46. The lowest BCUT2D eigenvalue weighted by Crippen LogP contribution is -2.38. The Balaban J connectivity index is 2.05. The monoisotopic (exact) mass is 283 g/mol. The van der Waals surface area contributed by atoms with Crippen molar-refractivity contribution >= 4 is 5.97 Å². The van der Waals surface area contributed by atoms with Crippen LogP contribution < -0.4 is 0 Å². The highest BCUT2D eigenvalue weighted by atomic mass is 19.1. The zero-order valence-electron chi connectivity index (χ0n) is 11.7. The van der Waals surface area contributed by atoms with Crippen LogP contribution in [0.25, 0.3) is 0 Å². The second-order valence-corrected chi connectivity index (χ2v) is 5.14. The number of halogens is 2. The topological polar surface area (TPSA) is 29.5 Å². The van der Waals surface area contributed by atoms with E-state index < -0.39 is 11.6 Å². The van der Waals surface area contributed by atoms with Crippen LogP contribution >= 0.6 is 0 Å². The van der Waals surface area contributed by atoms with Gasteiger partial charge in [-0.1, -0.05) is 6.07 Å². The summed E-state index contributed by atoms with van der Waals surface area (Å²) < 4.78 is 32.3. The molecule has 0 N–H and O–H groups in total. The van der Waals surface area contributed by atoms with E-state index >= 15 is 0 Å². The number of ether oxygens (including phenoxy) is 1. The lowest BCUT2D eigenvalue weighted by molar-refractivity contribution is -0.147. The number of carbonyl (C=O) groups is 1. The van der Waals surface area contributed by atoms with E-state index in [1.165, 1.54) is 25.3 Å². The van der Waals surface area contributed by atoms with Gasteiger partial charge >= 0.3 is 5.97 Å². The number of methoxy groups -OCH3 is 1. The zero-order chi connectivity index (χ0) is 14.7. The number of esters is 1. The van der Waals surface area contributed by atoms with E-state index in [0.29, 0.717) is 25.9 Å². The summed E-state index contributed by atoms with van der Waals surface area (Å²) in [7, 11) is 1.38. The molecule has 0 bridgehead atoms. The predicted molar refractivity (Wildman–Crippen MR) is 71.1 cm³/mol. The molecule has 0 amide bonds. The Labute approximate surface area is 117 Å². The van der Waals surface area contributed by atoms with Crippen LogP contribution in [-0.4, -0.2) is 31.1 Å².